The van der Waals surface area contributed by atoms with Crippen molar-refractivity contribution in [2.75, 3.05) is 6.54 Å². The quantitative estimate of drug-likeness (QED) is 0.656. The highest BCUT2D eigenvalue weighted by Gasteiger charge is 2.12. The van der Waals surface area contributed by atoms with Crippen LogP contribution in [0.3, 0.4) is 0 Å². The minimum Gasteiger partial charge on any atom is -0.370 e. The molecule has 2 amide bonds. The molecular weight excluding hydrogens is 340 g/mol. The first-order chi connectivity index (χ1) is 13.1. The van der Waals surface area contributed by atoms with E-state index in [2.05, 4.69) is 9.97 Å². The molecule has 27 heavy (non-hydrogen) atoms. The van der Waals surface area contributed by atoms with Crippen LogP contribution >= 0.6 is 0 Å². The van der Waals surface area contributed by atoms with Crippen molar-refractivity contribution in [3.63, 3.8) is 0 Å². The van der Waals surface area contributed by atoms with E-state index in [1.54, 1.807) is 17.2 Å². The molecule has 0 saturated carbocycles. The maximum Gasteiger partial charge on any atom is 0.246 e. The van der Waals surface area contributed by atoms with Gasteiger partial charge in [0.25, 0.3) is 0 Å². The number of benzene rings is 2. The number of amides is 2. The summed E-state index contributed by atoms with van der Waals surface area (Å²) in [4.78, 5) is 34.2. The summed E-state index contributed by atoms with van der Waals surface area (Å²) in [6.45, 7) is 0.664. The van der Waals surface area contributed by atoms with Crippen LogP contribution in [0.5, 0.6) is 0 Å². The molecule has 0 aliphatic heterocycles. The Morgan fingerprint density at radius 1 is 1.00 bits per heavy atom. The third-order valence-electron chi connectivity index (χ3n) is 4.02. The lowest BCUT2D eigenvalue weighted by Gasteiger charge is -2.20. The van der Waals surface area contributed by atoms with Crippen LogP contribution in [-0.4, -0.2) is 33.2 Å². The number of hydrogen-bond donors (Lipinski definition) is 1. The van der Waals surface area contributed by atoms with Crippen LogP contribution in [0.25, 0.3) is 17.1 Å². The van der Waals surface area contributed by atoms with Gasteiger partial charge in [0.05, 0.1) is 22.9 Å². The normalized spacial score (nSPS) is 11.0. The molecule has 6 heteroatoms. The molecule has 136 valence electrons. The third kappa shape index (κ3) is 5.22. The molecule has 3 rings (SSSR count). The fraction of sp³-hybridized carbons (Fsp3) is 0.143. The summed E-state index contributed by atoms with van der Waals surface area (Å²) in [5.41, 5.74) is 8.38. The zero-order valence-electron chi connectivity index (χ0n) is 14.8. The zero-order chi connectivity index (χ0) is 19.1. The molecule has 0 radical (unpaired) electrons. The van der Waals surface area contributed by atoms with Crippen molar-refractivity contribution in [3.05, 3.63) is 78.1 Å². The number of nitrogens with two attached hydrogens (primary N) is 1. The Morgan fingerprint density at radius 3 is 2.44 bits per heavy atom. The maximum absolute atomic E-state index is 12.6. The second kappa shape index (κ2) is 8.71. The van der Waals surface area contributed by atoms with Gasteiger partial charge < -0.3 is 10.6 Å². The second-order valence-corrected chi connectivity index (χ2v) is 6.08. The molecule has 6 nitrogen and oxygen atoms in total. The van der Waals surface area contributed by atoms with Crippen LogP contribution in [0.2, 0.25) is 0 Å². The number of carbonyl (C=O) groups excluding carboxylic acids is 2. The number of rotatable bonds is 7. The molecule has 1 aromatic heterocycles. The van der Waals surface area contributed by atoms with E-state index < -0.39 is 5.91 Å². The van der Waals surface area contributed by atoms with E-state index in [9.17, 15) is 9.59 Å². The predicted molar refractivity (Wildman–Crippen MR) is 104 cm³/mol. The van der Waals surface area contributed by atoms with Gasteiger partial charge in [0.1, 0.15) is 0 Å². The second-order valence-electron chi connectivity index (χ2n) is 6.08. The van der Waals surface area contributed by atoms with Gasteiger partial charge in [-0.15, -0.1) is 0 Å². The topological polar surface area (TPSA) is 89.2 Å². The Kier molecular flexibility index (Phi) is 5.89. The number of carbonyl (C=O) groups is 2. The van der Waals surface area contributed by atoms with Crippen LogP contribution in [0.15, 0.2) is 66.9 Å². The lowest BCUT2D eigenvalue weighted by Crippen LogP contribution is -2.32. The molecule has 0 aliphatic carbocycles. The van der Waals surface area contributed by atoms with Crippen molar-refractivity contribution in [1.29, 1.82) is 0 Å². The van der Waals surface area contributed by atoms with Gasteiger partial charge in [0.15, 0.2) is 0 Å². The lowest BCUT2D eigenvalue weighted by molar-refractivity contribution is -0.127. The SMILES string of the molecule is NC(=O)CCN(Cc1ccccc1)C(=O)/C=C/c1cnc2ccccc2n1. The molecule has 3 aromatic rings. The molecule has 0 spiro atoms. The van der Waals surface area contributed by atoms with Crippen LogP contribution < -0.4 is 5.73 Å². The van der Waals surface area contributed by atoms with Gasteiger partial charge in [-0.2, -0.15) is 0 Å². The molecule has 0 atom stereocenters. The van der Waals surface area contributed by atoms with Crippen LogP contribution in [0.1, 0.15) is 17.7 Å². The van der Waals surface area contributed by atoms with Crippen molar-refractivity contribution in [2.45, 2.75) is 13.0 Å². The molecule has 0 saturated heterocycles. The summed E-state index contributed by atoms with van der Waals surface area (Å²) in [6, 6.07) is 17.1. The summed E-state index contributed by atoms with van der Waals surface area (Å²) in [5, 5.41) is 0. The minimum atomic E-state index is -0.440. The van der Waals surface area contributed by atoms with Crippen molar-refractivity contribution < 1.29 is 9.59 Å². The monoisotopic (exact) mass is 360 g/mol. The molecule has 0 fully saturated rings. The van der Waals surface area contributed by atoms with E-state index in [0.29, 0.717) is 12.2 Å². The number of aromatic nitrogens is 2. The minimum absolute atomic E-state index is 0.113. The smallest absolute Gasteiger partial charge is 0.246 e. The number of hydrogen-bond acceptors (Lipinski definition) is 4. The lowest BCUT2D eigenvalue weighted by atomic mass is 10.2. The van der Waals surface area contributed by atoms with Gasteiger partial charge in [-0.05, 0) is 23.8 Å². The van der Waals surface area contributed by atoms with Gasteiger partial charge in [-0.3, -0.25) is 14.6 Å². The fourth-order valence-electron chi connectivity index (χ4n) is 2.63. The van der Waals surface area contributed by atoms with Crippen LogP contribution in [0.4, 0.5) is 0 Å². The maximum atomic E-state index is 12.6. The van der Waals surface area contributed by atoms with E-state index in [1.165, 1.54) is 6.08 Å². The Bertz CT molecular complexity index is 970. The van der Waals surface area contributed by atoms with Crippen molar-refractivity contribution in [2.24, 2.45) is 5.73 Å². The number of fused-ring (bicyclic) bond motifs is 1. The Labute approximate surface area is 157 Å². The van der Waals surface area contributed by atoms with Crippen LogP contribution in [-0.2, 0) is 16.1 Å². The highest BCUT2D eigenvalue weighted by molar-refractivity contribution is 5.92. The highest BCUT2D eigenvalue weighted by atomic mass is 16.2. The summed E-state index contributed by atoms with van der Waals surface area (Å²) in [7, 11) is 0. The molecule has 0 unspecified atom stereocenters. The Balaban J connectivity index is 1.75. The highest BCUT2D eigenvalue weighted by Crippen LogP contribution is 2.10. The number of primary amides is 1. The standard InChI is InChI=1S/C21H20N4O2/c22-20(26)12-13-25(15-16-6-2-1-3-7-16)21(27)11-10-17-14-23-18-8-4-5-9-19(18)24-17/h1-11,14H,12-13,15H2,(H2,22,26)/b11-10+. The zero-order valence-corrected chi connectivity index (χ0v) is 14.8. The van der Waals surface area contributed by atoms with Crippen molar-refractivity contribution in [1.82, 2.24) is 14.9 Å². The predicted octanol–water partition coefficient (Wildman–Crippen LogP) is 2.55. The largest absolute Gasteiger partial charge is 0.370 e. The van der Waals surface area contributed by atoms with Gasteiger partial charge in [0.2, 0.25) is 11.8 Å². The average Bonchev–Trinajstić information content (AvgIpc) is 2.69. The van der Waals surface area contributed by atoms with E-state index in [0.717, 1.165) is 16.6 Å². The van der Waals surface area contributed by atoms with Crippen LogP contribution in [0, 0.1) is 0 Å². The van der Waals surface area contributed by atoms with E-state index in [4.69, 9.17) is 5.73 Å². The van der Waals surface area contributed by atoms with E-state index >= 15 is 0 Å². The summed E-state index contributed by atoms with van der Waals surface area (Å²) < 4.78 is 0. The molecule has 2 N–H and O–H groups in total. The molecular formula is C21H20N4O2. The fourth-order valence-corrected chi connectivity index (χ4v) is 2.63. The van der Waals surface area contributed by atoms with Gasteiger partial charge in [-0.1, -0.05) is 42.5 Å². The Morgan fingerprint density at radius 2 is 1.70 bits per heavy atom. The molecule has 1 heterocycles. The number of para-hydroxylation sites is 2. The molecule has 0 aliphatic rings. The Hall–Kier alpha value is -3.54. The first-order valence-electron chi connectivity index (χ1n) is 8.63. The summed E-state index contributed by atoms with van der Waals surface area (Å²) in [6.07, 6.45) is 4.81. The van der Waals surface area contributed by atoms with Crippen molar-refractivity contribution in [3.8, 4) is 0 Å². The number of nitrogens with zero attached hydrogens (tertiary/aromatic N) is 3. The summed E-state index contributed by atoms with van der Waals surface area (Å²) in [5.74, 6) is -0.653. The van der Waals surface area contributed by atoms with Gasteiger partial charge in [0, 0.05) is 25.6 Å². The van der Waals surface area contributed by atoms with Crippen molar-refractivity contribution >= 4 is 28.9 Å². The first kappa shape index (κ1) is 18.3. The average molecular weight is 360 g/mol. The molecule has 0 bridgehead atoms. The molecule has 2 aromatic carbocycles. The van der Waals surface area contributed by atoms with E-state index in [-0.39, 0.29) is 18.9 Å². The third-order valence-corrected chi connectivity index (χ3v) is 4.02. The van der Waals surface area contributed by atoms with E-state index in [1.807, 2.05) is 54.6 Å². The van der Waals surface area contributed by atoms with Gasteiger partial charge >= 0.3 is 0 Å². The van der Waals surface area contributed by atoms with Gasteiger partial charge in [-0.25, -0.2) is 4.98 Å². The first-order valence-corrected chi connectivity index (χ1v) is 8.63. The summed E-state index contributed by atoms with van der Waals surface area (Å²) >= 11 is 0.